The number of hydrogen-bond donors (Lipinski definition) is 2. The van der Waals surface area contributed by atoms with Crippen LogP contribution in [0.1, 0.15) is 30.7 Å². The van der Waals surface area contributed by atoms with E-state index in [4.69, 9.17) is 0 Å². The summed E-state index contributed by atoms with van der Waals surface area (Å²) in [6, 6.07) is 4.61. The van der Waals surface area contributed by atoms with Crippen molar-refractivity contribution >= 4 is 11.3 Å². The summed E-state index contributed by atoms with van der Waals surface area (Å²) in [5.74, 6) is 0.867. The van der Waals surface area contributed by atoms with Gasteiger partial charge in [-0.3, -0.25) is 0 Å². The number of nitrogens with one attached hydrogen (secondary N) is 1. The van der Waals surface area contributed by atoms with Crippen LogP contribution in [-0.4, -0.2) is 17.7 Å². The SMILES string of the molecule is CC1CC(NCC(O)c2cccs2)C1. The van der Waals surface area contributed by atoms with E-state index in [1.165, 1.54) is 12.8 Å². The van der Waals surface area contributed by atoms with E-state index >= 15 is 0 Å². The maximum Gasteiger partial charge on any atom is 0.101 e. The predicted molar refractivity (Wildman–Crippen MR) is 59.5 cm³/mol. The third kappa shape index (κ3) is 2.35. The second-order valence-corrected chi connectivity index (χ2v) is 5.19. The second kappa shape index (κ2) is 4.43. The lowest BCUT2D eigenvalue weighted by molar-refractivity contribution is 0.152. The first-order valence-corrected chi connectivity index (χ1v) is 6.08. The van der Waals surface area contributed by atoms with Crippen molar-refractivity contribution in [3.05, 3.63) is 22.4 Å². The van der Waals surface area contributed by atoms with Gasteiger partial charge in [0.2, 0.25) is 0 Å². The molecule has 0 aliphatic heterocycles. The first-order chi connectivity index (χ1) is 6.75. The number of thiophene rings is 1. The maximum absolute atomic E-state index is 9.79. The maximum atomic E-state index is 9.79. The molecular weight excluding hydrogens is 194 g/mol. The zero-order valence-corrected chi connectivity index (χ0v) is 9.26. The Kier molecular flexibility index (Phi) is 3.21. The molecule has 0 saturated heterocycles. The van der Waals surface area contributed by atoms with Crippen LogP contribution in [0.15, 0.2) is 17.5 Å². The fraction of sp³-hybridized carbons (Fsp3) is 0.636. The van der Waals surface area contributed by atoms with Gasteiger partial charge in [0.15, 0.2) is 0 Å². The van der Waals surface area contributed by atoms with E-state index in [0.29, 0.717) is 12.6 Å². The van der Waals surface area contributed by atoms with E-state index in [1.54, 1.807) is 11.3 Å². The average molecular weight is 211 g/mol. The molecule has 1 heterocycles. The van der Waals surface area contributed by atoms with Crippen LogP contribution < -0.4 is 5.32 Å². The molecule has 1 atom stereocenters. The van der Waals surface area contributed by atoms with Gasteiger partial charge < -0.3 is 10.4 Å². The highest BCUT2D eigenvalue weighted by Gasteiger charge is 2.25. The van der Waals surface area contributed by atoms with E-state index in [0.717, 1.165) is 10.8 Å². The van der Waals surface area contributed by atoms with Crippen molar-refractivity contribution in [2.24, 2.45) is 5.92 Å². The third-order valence-electron chi connectivity index (χ3n) is 2.85. The molecule has 3 heteroatoms. The summed E-state index contributed by atoms with van der Waals surface area (Å²) in [5, 5.41) is 15.2. The van der Waals surface area contributed by atoms with Crippen molar-refractivity contribution in [1.82, 2.24) is 5.32 Å². The van der Waals surface area contributed by atoms with Crippen LogP contribution in [0.4, 0.5) is 0 Å². The summed E-state index contributed by atoms with van der Waals surface area (Å²) in [7, 11) is 0. The minimum absolute atomic E-state index is 0.328. The molecule has 1 saturated carbocycles. The van der Waals surface area contributed by atoms with Gasteiger partial charge in [0, 0.05) is 17.5 Å². The fourth-order valence-corrected chi connectivity index (χ4v) is 2.64. The number of rotatable bonds is 4. The standard InChI is InChI=1S/C11H17NOS/c1-8-5-9(6-8)12-7-10(13)11-3-2-4-14-11/h2-4,8-10,12-13H,5-7H2,1H3. The van der Waals surface area contributed by atoms with Crippen molar-refractivity contribution in [2.75, 3.05) is 6.54 Å². The van der Waals surface area contributed by atoms with Crippen LogP contribution >= 0.6 is 11.3 Å². The Labute approximate surface area is 89.0 Å². The lowest BCUT2D eigenvalue weighted by Crippen LogP contribution is -2.41. The minimum atomic E-state index is -0.328. The van der Waals surface area contributed by atoms with E-state index < -0.39 is 0 Å². The average Bonchev–Trinajstić information content (AvgIpc) is 2.62. The molecule has 78 valence electrons. The Hall–Kier alpha value is -0.380. The van der Waals surface area contributed by atoms with E-state index in [-0.39, 0.29) is 6.10 Å². The highest BCUT2D eigenvalue weighted by molar-refractivity contribution is 7.10. The van der Waals surface area contributed by atoms with E-state index in [2.05, 4.69) is 12.2 Å². The Bertz CT molecular complexity index is 267. The van der Waals surface area contributed by atoms with Crippen LogP contribution in [0, 0.1) is 5.92 Å². The van der Waals surface area contributed by atoms with Gasteiger partial charge in [0.25, 0.3) is 0 Å². The molecule has 2 nitrogen and oxygen atoms in total. The van der Waals surface area contributed by atoms with Gasteiger partial charge in [-0.1, -0.05) is 13.0 Å². The minimum Gasteiger partial charge on any atom is -0.386 e. The summed E-state index contributed by atoms with van der Waals surface area (Å²) < 4.78 is 0. The second-order valence-electron chi connectivity index (χ2n) is 4.21. The normalized spacial score (nSPS) is 28.4. The summed E-state index contributed by atoms with van der Waals surface area (Å²) in [6.45, 7) is 2.96. The summed E-state index contributed by atoms with van der Waals surface area (Å²) in [5.41, 5.74) is 0. The van der Waals surface area contributed by atoms with Crippen molar-refractivity contribution in [3.63, 3.8) is 0 Å². The molecule has 0 bridgehead atoms. The zero-order chi connectivity index (χ0) is 9.97. The van der Waals surface area contributed by atoms with Gasteiger partial charge >= 0.3 is 0 Å². The number of aliphatic hydroxyl groups excluding tert-OH is 1. The summed E-state index contributed by atoms with van der Waals surface area (Å²) in [6.07, 6.45) is 2.19. The Morgan fingerprint density at radius 2 is 2.43 bits per heavy atom. The molecule has 2 rings (SSSR count). The Morgan fingerprint density at radius 1 is 1.64 bits per heavy atom. The van der Waals surface area contributed by atoms with Gasteiger partial charge in [-0.05, 0) is 30.2 Å². The van der Waals surface area contributed by atoms with Gasteiger partial charge in [0.05, 0.1) is 0 Å². The van der Waals surface area contributed by atoms with Crippen LogP contribution in [0.25, 0.3) is 0 Å². The molecule has 0 spiro atoms. The van der Waals surface area contributed by atoms with E-state index in [1.807, 2.05) is 17.5 Å². The molecule has 1 aliphatic carbocycles. The molecule has 1 unspecified atom stereocenters. The first kappa shape index (κ1) is 10.1. The van der Waals surface area contributed by atoms with Crippen LogP contribution in [0.3, 0.4) is 0 Å². The summed E-state index contributed by atoms with van der Waals surface area (Å²) in [4.78, 5) is 1.06. The third-order valence-corrected chi connectivity index (χ3v) is 3.82. The quantitative estimate of drug-likeness (QED) is 0.800. The van der Waals surface area contributed by atoms with Crippen LogP contribution in [0.5, 0.6) is 0 Å². The zero-order valence-electron chi connectivity index (χ0n) is 8.44. The number of hydrogen-bond acceptors (Lipinski definition) is 3. The Balaban J connectivity index is 1.71. The molecule has 14 heavy (non-hydrogen) atoms. The molecule has 0 radical (unpaired) electrons. The molecule has 0 amide bonds. The predicted octanol–water partition coefficient (Wildman–Crippen LogP) is 2.17. The number of aliphatic hydroxyl groups is 1. The van der Waals surface area contributed by atoms with Gasteiger partial charge in [-0.15, -0.1) is 11.3 Å². The Morgan fingerprint density at radius 3 is 3.00 bits per heavy atom. The molecule has 2 N–H and O–H groups in total. The molecule has 1 aromatic heterocycles. The van der Waals surface area contributed by atoms with Gasteiger partial charge in [-0.2, -0.15) is 0 Å². The largest absolute Gasteiger partial charge is 0.386 e. The monoisotopic (exact) mass is 211 g/mol. The molecule has 1 aromatic rings. The smallest absolute Gasteiger partial charge is 0.101 e. The van der Waals surface area contributed by atoms with Crippen molar-refractivity contribution < 1.29 is 5.11 Å². The molecule has 0 aromatic carbocycles. The van der Waals surface area contributed by atoms with Crippen LogP contribution in [0.2, 0.25) is 0 Å². The molecule has 1 aliphatic rings. The molecule has 1 fully saturated rings. The first-order valence-electron chi connectivity index (χ1n) is 5.20. The topological polar surface area (TPSA) is 32.3 Å². The van der Waals surface area contributed by atoms with Crippen LogP contribution in [-0.2, 0) is 0 Å². The van der Waals surface area contributed by atoms with Gasteiger partial charge in [0.1, 0.15) is 6.10 Å². The van der Waals surface area contributed by atoms with Crippen molar-refractivity contribution in [2.45, 2.75) is 31.9 Å². The lowest BCUT2D eigenvalue weighted by atomic mass is 9.82. The van der Waals surface area contributed by atoms with Crippen molar-refractivity contribution in [3.8, 4) is 0 Å². The highest BCUT2D eigenvalue weighted by Crippen LogP contribution is 2.27. The van der Waals surface area contributed by atoms with Crippen molar-refractivity contribution in [1.29, 1.82) is 0 Å². The lowest BCUT2D eigenvalue weighted by Gasteiger charge is -2.34. The fourth-order valence-electron chi connectivity index (χ4n) is 1.93. The highest BCUT2D eigenvalue weighted by atomic mass is 32.1. The summed E-state index contributed by atoms with van der Waals surface area (Å²) >= 11 is 1.62. The molecular formula is C11H17NOS. The van der Waals surface area contributed by atoms with E-state index in [9.17, 15) is 5.11 Å². The van der Waals surface area contributed by atoms with Gasteiger partial charge in [-0.25, -0.2) is 0 Å².